The van der Waals surface area contributed by atoms with Crippen LogP contribution in [0.4, 0.5) is 11.4 Å². The predicted octanol–water partition coefficient (Wildman–Crippen LogP) is 3.55. The van der Waals surface area contributed by atoms with E-state index in [0.29, 0.717) is 5.96 Å². The summed E-state index contributed by atoms with van der Waals surface area (Å²) in [7, 11) is 0. The third-order valence-electron chi connectivity index (χ3n) is 2.79. The van der Waals surface area contributed by atoms with Crippen LogP contribution in [0, 0.1) is 0 Å². The van der Waals surface area contributed by atoms with E-state index in [-0.39, 0.29) is 0 Å². The molecule has 0 amide bonds. The minimum absolute atomic E-state index is 0.527. The standard InChI is InChI=1S/C16H19N3/c1-2-13-19(15-11-7-4-8-12-15)16(17)18-14-9-5-3-6-10-14/h3-12H,2,13H2,1H3,(H2,17,18). The summed E-state index contributed by atoms with van der Waals surface area (Å²) < 4.78 is 0. The molecule has 19 heavy (non-hydrogen) atoms. The minimum atomic E-state index is 0.527. The van der Waals surface area contributed by atoms with Crippen LogP contribution in [0.25, 0.3) is 0 Å². The Balaban J connectivity index is 2.27. The topological polar surface area (TPSA) is 41.6 Å². The van der Waals surface area contributed by atoms with Crippen molar-refractivity contribution >= 4 is 17.3 Å². The van der Waals surface area contributed by atoms with Gasteiger partial charge in [-0.1, -0.05) is 43.3 Å². The van der Waals surface area contributed by atoms with E-state index >= 15 is 0 Å². The molecule has 0 unspecified atom stereocenters. The van der Waals surface area contributed by atoms with Crippen molar-refractivity contribution < 1.29 is 0 Å². The first kappa shape index (κ1) is 13.1. The van der Waals surface area contributed by atoms with Gasteiger partial charge in [0.2, 0.25) is 5.96 Å². The number of anilines is 1. The quantitative estimate of drug-likeness (QED) is 0.668. The minimum Gasteiger partial charge on any atom is -0.369 e. The molecule has 0 aliphatic heterocycles. The average Bonchev–Trinajstić information content (AvgIpc) is 2.46. The van der Waals surface area contributed by atoms with Crippen molar-refractivity contribution in [2.24, 2.45) is 10.7 Å². The van der Waals surface area contributed by atoms with E-state index in [4.69, 9.17) is 5.73 Å². The Labute approximate surface area is 114 Å². The van der Waals surface area contributed by atoms with E-state index in [2.05, 4.69) is 11.9 Å². The normalized spacial score (nSPS) is 11.3. The fourth-order valence-corrected chi connectivity index (χ4v) is 1.90. The zero-order chi connectivity index (χ0) is 13.5. The van der Waals surface area contributed by atoms with E-state index < -0.39 is 0 Å². The van der Waals surface area contributed by atoms with Gasteiger partial charge in [-0.2, -0.15) is 0 Å². The summed E-state index contributed by atoms with van der Waals surface area (Å²) >= 11 is 0. The van der Waals surface area contributed by atoms with Crippen LogP contribution in [0.5, 0.6) is 0 Å². The second-order valence-electron chi connectivity index (χ2n) is 4.29. The van der Waals surface area contributed by atoms with Gasteiger partial charge in [-0.15, -0.1) is 0 Å². The summed E-state index contributed by atoms with van der Waals surface area (Å²) in [5.41, 5.74) is 8.09. The molecule has 3 heteroatoms. The molecular formula is C16H19N3. The number of aliphatic imine (C=N–C) groups is 1. The molecule has 0 atom stereocenters. The number of nitrogens with zero attached hydrogens (tertiary/aromatic N) is 2. The molecular weight excluding hydrogens is 234 g/mol. The monoisotopic (exact) mass is 253 g/mol. The fourth-order valence-electron chi connectivity index (χ4n) is 1.90. The zero-order valence-corrected chi connectivity index (χ0v) is 11.2. The van der Waals surface area contributed by atoms with Crippen molar-refractivity contribution in [2.45, 2.75) is 13.3 Å². The fraction of sp³-hybridized carbons (Fsp3) is 0.188. The molecule has 2 aromatic rings. The number of nitrogens with two attached hydrogens (primary N) is 1. The van der Waals surface area contributed by atoms with Crippen molar-refractivity contribution in [3.05, 3.63) is 60.7 Å². The Morgan fingerprint density at radius 2 is 1.58 bits per heavy atom. The summed E-state index contributed by atoms with van der Waals surface area (Å²) in [6, 6.07) is 19.9. The summed E-state index contributed by atoms with van der Waals surface area (Å²) in [4.78, 5) is 6.51. The number of para-hydroxylation sites is 2. The van der Waals surface area contributed by atoms with Gasteiger partial charge in [0, 0.05) is 12.2 Å². The summed E-state index contributed by atoms with van der Waals surface area (Å²) in [6.07, 6.45) is 1.01. The highest BCUT2D eigenvalue weighted by atomic mass is 15.3. The molecule has 2 rings (SSSR count). The smallest absolute Gasteiger partial charge is 0.201 e. The number of hydrogen-bond acceptors (Lipinski definition) is 1. The Bertz CT molecular complexity index is 520. The molecule has 0 spiro atoms. The number of guanidine groups is 1. The number of hydrogen-bond donors (Lipinski definition) is 1. The van der Waals surface area contributed by atoms with Crippen LogP contribution in [-0.4, -0.2) is 12.5 Å². The lowest BCUT2D eigenvalue weighted by molar-refractivity contribution is 0.897. The zero-order valence-electron chi connectivity index (χ0n) is 11.2. The molecule has 0 aliphatic carbocycles. The predicted molar refractivity (Wildman–Crippen MR) is 81.8 cm³/mol. The molecule has 0 radical (unpaired) electrons. The average molecular weight is 253 g/mol. The number of benzene rings is 2. The number of rotatable bonds is 4. The molecule has 0 bridgehead atoms. The highest BCUT2D eigenvalue weighted by Gasteiger charge is 2.09. The van der Waals surface area contributed by atoms with Gasteiger partial charge < -0.3 is 10.6 Å². The largest absolute Gasteiger partial charge is 0.369 e. The third-order valence-corrected chi connectivity index (χ3v) is 2.79. The molecule has 2 aromatic carbocycles. The Morgan fingerprint density at radius 1 is 1.00 bits per heavy atom. The van der Waals surface area contributed by atoms with Gasteiger partial charge in [0.15, 0.2) is 0 Å². The van der Waals surface area contributed by atoms with Gasteiger partial charge in [-0.25, -0.2) is 4.99 Å². The Morgan fingerprint density at radius 3 is 2.16 bits per heavy atom. The van der Waals surface area contributed by atoms with Crippen LogP contribution in [0.15, 0.2) is 65.7 Å². The first-order valence-electron chi connectivity index (χ1n) is 6.53. The Hall–Kier alpha value is -2.29. The maximum atomic E-state index is 6.14. The van der Waals surface area contributed by atoms with E-state index in [9.17, 15) is 0 Å². The maximum Gasteiger partial charge on any atom is 0.201 e. The van der Waals surface area contributed by atoms with Gasteiger partial charge in [0.05, 0.1) is 5.69 Å². The molecule has 0 fully saturated rings. The molecule has 0 saturated heterocycles. The van der Waals surface area contributed by atoms with Crippen LogP contribution in [0.3, 0.4) is 0 Å². The molecule has 0 saturated carbocycles. The molecule has 98 valence electrons. The van der Waals surface area contributed by atoms with Crippen molar-refractivity contribution in [3.63, 3.8) is 0 Å². The third kappa shape index (κ3) is 3.58. The van der Waals surface area contributed by atoms with Gasteiger partial charge in [-0.3, -0.25) is 0 Å². The first-order chi connectivity index (χ1) is 9.31. The van der Waals surface area contributed by atoms with E-state index in [0.717, 1.165) is 24.3 Å². The van der Waals surface area contributed by atoms with Gasteiger partial charge in [0.25, 0.3) is 0 Å². The lowest BCUT2D eigenvalue weighted by atomic mass is 10.3. The maximum absolute atomic E-state index is 6.14. The lowest BCUT2D eigenvalue weighted by Gasteiger charge is -2.23. The highest BCUT2D eigenvalue weighted by molar-refractivity contribution is 5.96. The van der Waals surface area contributed by atoms with E-state index in [1.807, 2.05) is 65.6 Å². The highest BCUT2D eigenvalue weighted by Crippen LogP contribution is 2.16. The second kappa shape index (κ2) is 6.59. The summed E-state index contributed by atoms with van der Waals surface area (Å²) in [5.74, 6) is 0.527. The van der Waals surface area contributed by atoms with Crippen LogP contribution in [-0.2, 0) is 0 Å². The second-order valence-corrected chi connectivity index (χ2v) is 4.29. The van der Waals surface area contributed by atoms with Gasteiger partial charge >= 0.3 is 0 Å². The SMILES string of the molecule is CCCN(C(N)=Nc1ccccc1)c1ccccc1. The summed E-state index contributed by atoms with van der Waals surface area (Å²) in [5, 5.41) is 0. The summed E-state index contributed by atoms with van der Waals surface area (Å²) in [6.45, 7) is 2.98. The van der Waals surface area contributed by atoms with E-state index in [1.54, 1.807) is 0 Å². The molecule has 3 nitrogen and oxygen atoms in total. The van der Waals surface area contributed by atoms with Crippen molar-refractivity contribution in [1.29, 1.82) is 0 Å². The van der Waals surface area contributed by atoms with Crippen molar-refractivity contribution in [3.8, 4) is 0 Å². The van der Waals surface area contributed by atoms with Crippen LogP contribution in [0.2, 0.25) is 0 Å². The molecule has 0 aliphatic rings. The van der Waals surface area contributed by atoms with Gasteiger partial charge in [0.1, 0.15) is 0 Å². The molecule has 0 heterocycles. The molecule has 0 aromatic heterocycles. The lowest BCUT2D eigenvalue weighted by Crippen LogP contribution is -2.37. The Kier molecular flexibility index (Phi) is 4.56. The molecule has 2 N–H and O–H groups in total. The van der Waals surface area contributed by atoms with Crippen LogP contribution < -0.4 is 10.6 Å². The first-order valence-corrected chi connectivity index (χ1v) is 6.53. The van der Waals surface area contributed by atoms with E-state index in [1.165, 1.54) is 0 Å². The van der Waals surface area contributed by atoms with Crippen LogP contribution in [0.1, 0.15) is 13.3 Å². The van der Waals surface area contributed by atoms with Crippen molar-refractivity contribution in [2.75, 3.05) is 11.4 Å². The van der Waals surface area contributed by atoms with Crippen LogP contribution >= 0.6 is 0 Å². The van der Waals surface area contributed by atoms with Gasteiger partial charge in [-0.05, 0) is 30.7 Å². The van der Waals surface area contributed by atoms with Crippen molar-refractivity contribution in [1.82, 2.24) is 0 Å².